The number of ether oxygens (including phenoxy) is 2. The van der Waals surface area contributed by atoms with E-state index in [1.165, 1.54) is 11.0 Å². The summed E-state index contributed by atoms with van der Waals surface area (Å²) in [5, 5.41) is 0. The third kappa shape index (κ3) is 5.77. The van der Waals surface area contributed by atoms with Crippen LogP contribution >= 0.6 is 15.9 Å². The lowest BCUT2D eigenvalue weighted by molar-refractivity contribution is 0.0278. The predicted molar refractivity (Wildman–Crippen MR) is 78.5 cm³/mol. The largest absolute Gasteiger partial charge is 0.492 e. The van der Waals surface area contributed by atoms with Gasteiger partial charge in [-0.1, -0.05) is 0 Å². The molecule has 0 fully saturated rings. The molecule has 0 unspecified atom stereocenters. The molecular formula is C14H19BrFNO3. The van der Waals surface area contributed by atoms with Crippen LogP contribution in [-0.4, -0.2) is 36.8 Å². The van der Waals surface area contributed by atoms with E-state index in [1.807, 2.05) is 0 Å². The molecule has 0 saturated carbocycles. The van der Waals surface area contributed by atoms with E-state index < -0.39 is 11.7 Å². The summed E-state index contributed by atoms with van der Waals surface area (Å²) in [4.78, 5) is 13.1. The van der Waals surface area contributed by atoms with Crippen molar-refractivity contribution in [1.29, 1.82) is 0 Å². The third-order valence-electron chi connectivity index (χ3n) is 2.29. The van der Waals surface area contributed by atoms with E-state index in [4.69, 9.17) is 9.47 Å². The van der Waals surface area contributed by atoms with Crippen LogP contribution in [0.3, 0.4) is 0 Å². The van der Waals surface area contributed by atoms with Gasteiger partial charge in [-0.2, -0.15) is 0 Å². The molecule has 1 aromatic carbocycles. The van der Waals surface area contributed by atoms with Gasteiger partial charge in [-0.25, -0.2) is 9.18 Å². The summed E-state index contributed by atoms with van der Waals surface area (Å²) in [7, 11) is 1.62. The fourth-order valence-corrected chi connectivity index (χ4v) is 1.54. The second-order valence-corrected chi connectivity index (χ2v) is 6.18. The normalized spacial score (nSPS) is 11.1. The van der Waals surface area contributed by atoms with Crippen molar-refractivity contribution in [2.45, 2.75) is 26.4 Å². The molecule has 0 aliphatic carbocycles. The van der Waals surface area contributed by atoms with Crippen LogP contribution in [0, 0.1) is 5.82 Å². The van der Waals surface area contributed by atoms with Crippen LogP contribution in [0.25, 0.3) is 0 Å². The standard InChI is InChI=1S/C14H19BrFNO3/c1-14(2,3)20-13(18)17(4)7-8-19-10-5-6-11(15)12(16)9-10/h5-6,9H,7-8H2,1-4H3. The average Bonchev–Trinajstić information content (AvgIpc) is 2.31. The minimum atomic E-state index is -0.527. The van der Waals surface area contributed by atoms with Crippen LogP contribution < -0.4 is 4.74 Å². The van der Waals surface area contributed by atoms with Crippen molar-refractivity contribution in [2.24, 2.45) is 0 Å². The van der Waals surface area contributed by atoms with Gasteiger partial charge in [-0.3, -0.25) is 0 Å². The van der Waals surface area contributed by atoms with Crippen molar-refractivity contribution in [1.82, 2.24) is 4.90 Å². The molecule has 0 saturated heterocycles. The molecule has 0 atom stereocenters. The molecule has 0 aliphatic rings. The second kappa shape index (κ2) is 6.92. The van der Waals surface area contributed by atoms with Gasteiger partial charge in [-0.15, -0.1) is 0 Å². The molecular weight excluding hydrogens is 329 g/mol. The van der Waals surface area contributed by atoms with E-state index in [0.29, 0.717) is 16.8 Å². The molecule has 0 aliphatic heterocycles. The van der Waals surface area contributed by atoms with Crippen molar-refractivity contribution in [3.05, 3.63) is 28.5 Å². The Kier molecular flexibility index (Phi) is 5.80. The van der Waals surface area contributed by atoms with E-state index in [-0.39, 0.29) is 12.4 Å². The molecule has 6 heteroatoms. The Morgan fingerprint density at radius 3 is 2.60 bits per heavy atom. The highest BCUT2D eigenvalue weighted by molar-refractivity contribution is 9.10. The lowest BCUT2D eigenvalue weighted by atomic mass is 10.2. The number of nitrogens with zero attached hydrogens (tertiary/aromatic N) is 1. The van der Waals surface area contributed by atoms with Gasteiger partial charge in [0, 0.05) is 13.1 Å². The molecule has 0 spiro atoms. The number of hydrogen-bond donors (Lipinski definition) is 0. The van der Waals surface area contributed by atoms with Crippen molar-refractivity contribution >= 4 is 22.0 Å². The zero-order chi connectivity index (χ0) is 15.3. The van der Waals surface area contributed by atoms with Gasteiger partial charge >= 0.3 is 6.09 Å². The fourth-order valence-electron chi connectivity index (χ4n) is 1.30. The maximum Gasteiger partial charge on any atom is 0.410 e. The summed E-state index contributed by atoms with van der Waals surface area (Å²) in [6, 6.07) is 4.51. The molecule has 112 valence electrons. The van der Waals surface area contributed by atoms with Crippen LogP contribution in [0.5, 0.6) is 5.75 Å². The highest BCUT2D eigenvalue weighted by Gasteiger charge is 2.19. The lowest BCUT2D eigenvalue weighted by Crippen LogP contribution is -2.36. The summed E-state index contributed by atoms with van der Waals surface area (Å²) >= 11 is 3.07. The first-order chi connectivity index (χ1) is 9.19. The fraction of sp³-hybridized carbons (Fsp3) is 0.500. The van der Waals surface area contributed by atoms with Crippen LogP contribution in [0.1, 0.15) is 20.8 Å². The minimum absolute atomic E-state index is 0.261. The zero-order valence-corrected chi connectivity index (χ0v) is 13.7. The van der Waals surface area contributed by atoms with Gasteiger partial charge < -0.3 is 14.4 Å². The van der Waals surface area contributed by atoms with Gasteiger partial charge in [0.1, 0.15) is 23.8 Å². The predicted octanol–water partition coefficient (Wildman–Crippen LogP) is 3.83. The molecule has 1 rings (SSSR count). The van der Waals surface area contributed by atoms with E-state index in [2.05, 4.69) is 15.9 Å². The van der Waals surface area contributed by atoms with Crippen LogP contribution in [-0.2, 0) is 4.74 Å². The summed E-state index contributed by atoms with van der Waals surface area (Å²) in [6.45, 7) is 6.03. The van der Waals surface area contributed by atoms with Crippen molar-refractivity contribution < 1.29 is 18.7 Å². The third-order valence-corrected chi connectivity index (χ3v) is 2.93. The first-order valence-electron chi connectivity index (χ1n) is 6.21. The van der Waals surface area contributed by atoms with Gasteiger partial charge in [0.05, 0.1) is 11.0 Å². The molecule has 0 aromatic heterocycles. The number of halogens is 2. The molecule has 0 N–H and O–H groups in total. The highest BCUT2D eigenvalue weighted by Crippen LogP contribution is 2.20. The lowest BCUT2D eigenvalue weighted by Gasteiger charge is -2.24. The van der Waals surface area contributed by atoms with E-state index in [1.54, 1.807) is 40.0 Å². The van der Waals surface area contributed by atoms with E-state index in [0.717, 1.165) is 0 Å². The van der Waals surface area contributed by atoms with Crippen LogP contribution in [0.4, 0.5) is 9.18 Å². The number of benzene rings is 1. The molecule has 4 nitrogen and oxygen atoms in total. The Bertz CT molecular complexity index is 474. The highest BCUT2D eigenvalue weighted by atomic mass is 79.9. The molecule has 0 bridgehead atoms. The van der Waals surface area contributed by atoms with Gasteiger partial charge in [0.25, 0.3) is 0 Å². The number of carbonyl (C=O) groups excluding carboxylic acids is 1. The van der Waals surface area contributed by atoms with Crippen LogP contribution in [0.2, 0.25) is 0 Å². The first kappa shape index (κ1) is 16.8. The summed E-state index contributed by atoms with van der Waals surface area (Å²) in [5.41, 5.74) is -0.527. The monoisotopic (exact) mass is 347 g/mol. The second-order valence-electron chi connectivity index (χ2n) is 5.33. The Morgan fingerprint density at radius 1 is 1.40 bits per heavy atom. The summed E-state index contributed by atoms with van der Waals surface area (Å²) in [5.74, 6) is 0.0336. The Labute approximate surface area is 127 Å². The van der Waals surface area contributed by atoms with Crippen molar-refractivity contribution in [3.63, 3.8) is 0 Å². The Balaban J connectivity index is 2.40. The zero-order valence-electron chi connectivity index (χ0n) is 12.1. The molecule has 0 heterocycles. The van der Waals surface area contributed by atoms with Crippen molar-refractivity contribution in [3.8, 4) is 5.75 Å². The average molecular weight is 348 g/mol. The molecule has 20 heavy (non-hydrogen) atoms. The van der Waals surface area contributed by atoms with Gasteiger partial charge in [0.2, 0.25) is 0 Å². The van der Waals surface area contributed by atoms with Gasteiger partial charge in [-0.05, 0) is 48.8 Å². The molecule has 1 aromatic rings. The van der Waals surface area contributed by atoms with Crippen LogP contribution in [0.15, 0.2) is 22.7 Å². The first-order valence-corrected chi connectivity index (χ1v) is 7.00. The number of likely N-dealkylation sites (N-methyl/N-ethyl adjacent to an activating group) is 1. The topological polar surface area (TPSA) is 38.8 Å². The smallest absolute Gasteiger partial charge is 0.410 e. The maximum atomic E-state index is 13.3. The van der Waals surface area contributed by atoms with E-state index in [9.17, 15) is 9.18 Å². The number of carbonyl (C=O) groups is 1. The summed E-state index contributed by atoms with van der Waals surface area (Å²) in [6.07, 6.45) is -0.414. The van der Waals surface area contributed by atoms with E-state index >= 15 is 0 Å². The molecule has 0 radical (unpaired) electrons. The summed E-state index contributed by atoms with van der Waals surface area (Å²) < 4.78 is 24.2. The Hall–Kier alpha value is -1.30. The van der Waals surface area contributed by atoms with Crippen molar-refractivity contribution in [2.75, 3.05) is 20.2 Å². The number of amides is 1. The van der Waals surface area contributed by atoms with Gasteiger partial charge in [0.15, 0.2) is 0 Å². The SMILES string of the molecule is CN(CCOc1ccc(Br)c(F)c1)C(=O)OC(C)(C)C. The number of hydrogen-bond acceptors (Lipinski definition) is 3. The number of rotatable bonds is 4. The minimum Gasteiger partial charge on any atom is -0.492 e. The maximum absolute atomic E-state index is 13.3. The molecule has 1 amide bonds. The quantitative estimate of drug-likeness (QED) is 0.830. The Morgan fingerprint density at radius 2 is 2.05 bits per heavy atom.